The van der Waals surface area contributed by atoms with Crippen molar-refractivity contribution in [3.8, 4) is 0 Å². The molecular formula is C17H30N2. The summed E-state index contributed by atoms with van der Waals surface area (Å²) in [4.78, 5) is 8.92. The maximum atomic E-state index is 4.46. The van der Waals surface area contributed by atoms with E-state index in [1.807, 2.05) is 18.5 Å². The first-order valence-corrected chi connectivity index (χ1v) is 8.15. The van der Waals surface area contributed by atoms with Gasteiger partial charge in [-0.15, -0.1) is 0 Å². The molecule has 0 saturated heterocycles. The van der Waals surface area contributed by atoms with Crippen molar-refractivity contribution in [1.82, 2.24) is 9.97 Å². The van der Waals surface area contributed by atoms with E-state index >= 15 is 0 Å². The highest BCUT2D eigenvalue weighted by Gasteiger charge is 2.13. The molecule has 108 valence electrons. The van der Waals surface area contributed by atoms with Gasteiger partial charge in [-0.3, -0.25) is 0 Å². The van der Waals surface area contributed by atoms with Crippen LogP contribution >= 0.6 is 0 Å². The molecule has 0 saturated carbocycles. The van der Waals surface area contributed by atoms with Crippen molar-refractivity contribution >= 4 is 0 Å². The largest absolute Gasteiger partial charge is 0.241 e. The van der Waals surface area contributed by atoms with Crippen LogP contribution in [0.2, 0.25) is 0 Å². The van der Waals surface area contributed by atoms with Crippen molar-refractivity contribution in [3.63, 3.8) is 0 Å². The van der Waals surface area contributed by atoms with Crippen molar-refractivity contribution in [3.05, 3.63) is 24.3 Å². The van der Waals surface area contributed by atoms with E-state index in [2.05, 4.69) is 23.8 Å². The molecule has 1 aromatic rings. The van der Waals surface area contributed by atoms with Crippen LogP contribution in [0.15, 0.2) is 18.5 Å². The molecule has 0 spiro atoms. The molecule has 1 heterocycles. The molecule has 0 amide bonds. The summed E-state index contributed by atoms with van der Waals surface area (Å²) < 4.78 is 0. The Morgan fingerprint density at radius 2 is 1.32 bits per heavy atom. The van der Waals surface area contributed by atoms with Crippen LogP contribution in [0.1, 0.15) is 89.8 Å². The summed E-state index contributed by atoms with van der Waals surface area (Å²) in [6.07, 6.45) is 17.0. The van der Waals surface area contributed by atoms with Gasteiger partial charge in [-0.25, -0.2) is 9.97 Å². The molecule has 1 aromatic heterocycles. The predicted octanol–water partition coefficient (Wildman–Crippen LogP) is 5.50. The highest BCUT2D eigenvalue weighted by atomic mass is 14.9. The fourth-order valence-corrected chi connectivity index (χ4v) is 2.56. The normalized spacial score (nSPS) is 12.5. The quantitative estimate of drug-likeness (QED) is 0.492. The highest BCUT2D eigenvalue weighted by molar-refractivity contribution is 4.96. The molecular weight excluding hydrogens is 232 g/mol. The van der Waals surface area contributed by atoms with Crippen LogP contribution in [0.3, 0.4) is 0 Å². The first-order chi connectivity index (χ1) is 9.38. The van der Waals surface area contributed by atoms with E-state index in [1.54, 1.807) is 0 Å². The SMILES string of the molecule is CCCCCCCC(CCCCC)c1ncccn1. The molecule has 1 rings (SSSR count). The van der Waals surface area contributed by atoms with E-state index < -0.39 is 0 Å². The standard InChI is InChI=1S/C17H30N2/c1-3-5-7-8-10-13-16(12-9-6-4-2)17-18-14-11-15-19-17/h11,14-16H,3-10,12-13H2,1-2H3. The van der Waals surface area contributed by atoms with E-state index in [-0.39, 0.29) is 0 Å². The third kappa shape index (κ3) is 7.29. The first kappa shape index (κ1) is 16.1. The van der Waals surface area contributed by atoms with Crippen LogP contribution in [0.25, 0.3) is 0 Å². The van der Waals surface area contributed by atoms with Crippen LogP contribution in [0.4, 0.5) is 0 Å². The van der Waals surface area contributed by atoms with Gasteiger partial charge in [0.15, 0.2) is 0 Å². The Hall–Kier alpha value is -0.920. The molecule has 1 atom stereocenters. The van der Waals surface area contributed by atoms with Crippen LogP contribution < -0.4 is 0 Å². The van der Waals surface area contributed by atoms with Gasteiger partial charge in [-0.05, 0) is 18.9 Å². The lowest BCUT2D eigenvalue weighted by molar-refractivity contribution is 0.480. The Morgan fingerprint density at radius 1 is 0.789 bits per heavy atom. The maximum absolute atomic E-state index is 4.46. The van der Waals surface area contributed by atoms with Crippen LogP contribution in [0, 0.1) is 0 Å². The van der Waals surface area contributed by atoms with Gasteiger partial charge in [0.25, 0.3) is 0 Å². The van der Waals surface area contributed by atoms with Crippen LogP contribution in [-0.4, -0.2) is 9.97 Å². The Balaban J connectivity index is 2.36. The number of aromatic nitrogens is 2. The smallest absolute Gasteiger partial charge is 0.131 e. The summed E-state index contributed by atoms with van der Waals surface area (Å²) in [6, 6.07) is 1.91. The van der Waals surface area contributed by atoms with Gasteiger partial charge >= 0.3 is 0 Å². The van der Waals surface area contributed by atoms with Gasteiger partial charge in [-0.1, -0.05) is 65.2 Å². The van der Waals surface area contributed by atoms with Crippen LogP contribution in [-0.2, 0) is 0 Å². The van der Waals surface area contributed by atoms with Crippen molar-refractivity contribution in [2.75, 3.05) is 0 Å². The Labute approximate surface area is 119 Å². The summed E-state index contributed by atoms with van der Waals surface area (Å²) >= 11 is 0. The second-order valence-electron chi connectivity index (χ2n) is 5.50. The van der Waals surface area contributed by atoms with E-state index in [0.717, 1.165) is 5.82 Å². The minimum Gasteiger partial charge on any atom is -0.241 e. The molecule has 0 aromatic carbocycles. The lowest BCUT2D eigenvalue weighted by Gasteiger charge is -2.15. The van der Waals surface area contributed by atoms with Gasteiger partial charge in [0, 0.05) is 18.3 Å². The van der Waals surface area contributed by atoms with Crippen molar-refractivity contribution in [2.45, 2.75) is 84.0 Å². The van der Waals surface area contributed by atoms with Gasteiger partial charge in [0.2, 0.25) is 0 Å². The zero-order valence-corrected chi connectivity index (χ0v) is 12.8. The molecule has 0 fully saturated rings. The molecule has 0 bridgehead atoms. The lowest BCUT2D eigenvalue weighted by atomic mass is 9.94. The molecule has 0 aliphatic carbocycles. The van der Waals surface area contributed by atoms with Crippen molar-refractivity contribution < 1.29 is 0 Å². The zero-order valence-electron chi connectivity index (χ0n) is 12.8. The number of hydrogen-bond donors (Lipinski definition) is 0. The summed E-state index contributed by atoms with van der Waals surface area (Å²) in [5.74, 6) is 1.64. The maximum Gasteiger partial charge on any atom is 0.131 e. The highest BCUT2D eigenvalue weighted by Crippen LogP contribution is 2.25. The number of hydrogen-bond acceptors (Lipinski definition) is 2. The van der Waals surface area contributed by atoms with E-state index in [0.29, 0.717) is 5.92 Å². The Kier molecular flexibility index (Phi) is 9.30. The van der Waals surface area contributed by atoms with Gasteiger partial charge in [-0.2, -0.15) is 0 Å². The summed E-state index contributed by atoms with van der Waals surface area (Å²) in [5.41, 5.74) is 0. The average Bonchev–Trinajstić information content (AvgIpc) is 2.46. The van der Waals surface area contributed by atoms with Crippen molar-refractivity contribution in [2.24, 2.45) is 0 Å². The topological polar surface area (TPSA) is 25.8 Å². The van der Waals surface area contributed by atoms with Gasteiger partial charge in [0.05, 0.1) is 0 Å². The van der Waals surface area contributed by atoms with E-state index in [4.69, 9.17) is 0 Å². The second-order valence-corrected chi connectivity index (χ2v) is 5.50. The lowest BCUT2D eigenvalue weighted by Crippen LogP contribution is -2.04. The molecule has 2 nitrogen and oxygen atoms in total. The first-order valence-electron chi connectivity index (χ1n) is 8.15. The number of rotatable bonds is 11. The summed E-state index contributed by atoms with van der Waals surface area (Å²) in [6.45, 7) is 4.53. The molecule has 1 unspecified atom stereocenters. The molecule has 0 N–H and O–H groups in total. The fraction of sp³-hybridized carbons (Fsp3) is 0.765. The molecule has 19 heavy (non-hydrogen) atoms. The average molecular weight is 262 g/mol. The predicted molar refractivity (Wildman–Crippen MR) is 82.3 cm³/mol. The Morgan fingerprint density at radius 3 is 1.95 bits per heavy atom. The van der Waals surface area contributed by atoms with E-state index in [9.17, 15) is 0 Å². The molecule has 0 aliphatic rings. The zero-order chi connectivity index (χ0) is 13.8. The summed E-state index contributed by atoms with van der Waals surface area (Å²) in [5, 5.41) is 0. The number of nitrogens with zero attached hydrogens (tertiary/aromatic N) is 2. The monoisotopic (exact) mass is 262 g/mol. The van der Waals surface area contributed by atoms with Crippen molar-refractivity contribution in [1.29, 1.82) is 0 Å². The fourth-order valence-electron chi connectivity index (χ4n) is 2.56. The third-order valence-electron chi connectivity index (χ3n) is 3.76. The van der Waals surface area contributed by atoms with E-state index in [1.165, 1.54) is 64.2 Å². The third-order valence-corrected chi connectivity index (χ3v) is 3.76. The minimum absolute atomic E-state index is 0.578. The molecule has 0 aliphatic heterocycles. The molecule has 2 heteroatoms. The molecule has 0 radical (unpaired) electrons. The minimum atomic E-state index is 0.578. The Bertz CT molecular complexity index is 297. The number of unbranched alkanes of at least 4 members (excludes halogenated alkanes) is 6. The van der Waals surface area contributed by atoms with Gasteiger partial charge < -0.3 is 0 Å². The second kappa shape index (κ2) is 11.0. The van der Waals surface area contributed by atoms with Crippen LogP contribution in [0.5, 0.6) is 0 Å². The van der Waals surface area contributed by atoms with Gasteiger partial charge in [0.1, 0.15) is 5.82 Å². The summed E-state index contributed by atoms with van der Waals surface area (Å²) in [7, 11) is 0.